The Morgan fingerprint density at radius 2 is 1.81 bits per heavy atom. The summed E-state index contributed by atoms with van der Waals surface area (Å²) in [5, 5.41) is 13.9. The second-order valence-electron chi connectivity index (χ2n) is 8.39. The number of rotatable bonds is 7. The number of nitrogens with zero attached hydrogens (tertiary/aromatic N) is 3. The van der Waals surface area contributed by atoms with Crippen LogP contribution in [0.25, 0.3) is 0 Å². The molecule has 1 saturated heterocycles. The van der Waals surface area contributed by atoms with E-state index in [1.54, 1.807) is 7.05 Å². The first kappa shape index (κ1) is 23.1. The number of likely N-dealkylation sites (tertiary alicyclic amines) is 1. The topological polar surface area (TPSA) is 104 Å². The number of sulfone groups is 1. The highest BCUT2D eigenvalue weighted by atomic mass is 32.2. The van der Waals surface area contributed by atoms with Gasteiger partial charge in [-0.3, -0.25) is 9.69 Å². The van der Waals surface area contributed by atoms with Gasteiger partial charge in [0.25, 0.3) is 5.91 Å². The third kappa shape index (κ3) is 6.01. The molecule has 9 heteroatoms. The van der Waals surface area contributed by atoms with Gasteiger partial charge < -0.3 is 10.6 Å². The number of hydrogen-bond donors (Lipinski definition) is 2. The minimum atomic E-state index is -2.94. The van der Waals surface area contributed by atoms with Gasteiger partial charge in [-0.25, -0.2) is 8.42 Å². The van der Waals surface area contributed by atoms with Crippen LogP contribution in [0.5, 0.6) is 0 Å². The molecule has 31 heavy (non-hydrogen) atoms. The van der Waals surface area contributed by atoms with Gasteiger partial charge in [-0.15, -0.1) is 10.2 Å². The van der Waals surface area contributed by atoms with Crippen LogP contribution in [0.3, 0.4) is 0 Å². The molecule has 1 amide bonds. The molecule has 1 fully saturated rings. The van der Waals surface area contributed by atoms with Crippen LogP contribution in [0, 0.1) is 0 Å². The van der Waals surface area contributed by atoms with Crippen molar-refractivity contribution in [2.75, 3.05) is 31.7 Å². The molecular weight excluding hydrogens is 414 g/mol. The number of aromatic nitrogens is 2. The number of hydrogen-bond acceptors (Lipinski definition) is 7. The van der Waals surface area contributed by atoms with Crippen molar-refractivity contribution in [2.24, 2.45) is 0 Å². The fourth-order valence-corrected chi connectivity index (χ4v) is 4.86. The summed E-state index contributed by atoms with van der Waals surface area (Å²) in [6.07, 6.45) is 2.72. The van der Waals surface area contributed by atoms with E-state index in [1.165, 1.54) is 11.8 Å². The summed E-state index contributed by atoms with van der Waals surface area (Å²) in [7, 11) is -1.36. The molecule has 2 aromatic rings. The van der Waals surface area contributed by atoms with E-state index in [0.717, 1.165) is 30.9 Å². The van der Waals surface area contributed by atoms with Gasteiger partial charge in [-0.1, -0.05) is 26.0 Å². The second-order valence-corrected chi connectivity index (χ2v) is 10.7. The van der Waals surface area contributed by atoms with Crippen molar-refractivity contribution in [3.05, 3.63) is 47.2 Å². The summed E-state index contributed by atoms with van der Waals surface area (Å²) in [5.74, 6) is 0.484. The van der Waals surface area contributed by atoms with Crippen molar-refractivity contribution in [3.8, 4) is 0 Å². The van der Waals surface area contributed by atoms with Crippen molar-refractivity contribution in [1.82, 2.24) is 20.4 Å². The average molecular weight is 446 g/mol. The average Bonchev–Trinajstić information content (AvgIpc) is 2.74. The molecule has 0 aliphatic carbocycles. The Labute approximate surface area is 184 Å². The highest BCUT2D eigenvalue weighted by molar-refractivity contribution is 7.91. The zero-order valence-corrected chi connectivity index (χ0v) is 19.4. The summed E-state index contributed by atoms with van der Waals surface area (Å²) < 4.78 is 23.4. The number of anilines is 2. The minimum absolute atomic E-state index is 0.137. The van der Waals surface area contributed by atoms with Crippen LogP contribution >= 0.6 is 0 Å². The molecule has 3 rings (SSSR count). The zero-order chi connectivity index (χ0) is 22.6. The number of amides is 1. The van der Waals surface area contributed by atoms with Gasteiger partial charge in [0.2, 0.25) is 0 Å². The van der Waals surface area contributed by atoms with Gasteiger partial charge in [-0.05, 0) is 61.2 Å². The predicted octanol–water partition coefficient (Wildman–Crippen LogP) is 2.71. The first-order valence-corrected chi connectivity index (χ1v) is 12.5. The van der Waals surface area contributed by atoms with Crippen molar-refractivity contribution in [3.63, 3.8) is 0 Å². The van der Waals surface area contributed by atoms with Crippen molar-refractivity contribution in [2.45, 2.75) is 44.4 Å². The van der Waals surface area contributed by atoms with Crippen LogP contribution in [0.1, 0.15) is 54.2 Å². The number of carbonyl (C=O) groups excluding carboxylic acids is 1. The van der Waals surface area contributed by atoms with Crippen molar-refractivity contribution >= 4 is 27.2 Å². The lowest BCUT2D eigenvalue weighted by Crippen LogP contribution is -2.38. The normalized spacial score (nSPS) is 15.8. The third-order valence-electron chi connectivity index (χ3n) is 5.66. The van der Waals surface area contributed by atoms with Crippen LogP contribution in [-0.4, -0.2) is 61.1 Å². The first-order chi connectivity index (χ1) is 14.7. The van der Waals surface area contributed by atoms with E-state index in [9.17, 15) is 13.2 Å². The fraction of sp³-hybridized carbons (Fsp3) is 0.500. The molecule has 0 radical (unpaired) electrons. The number of nitrogens with one attached hydrogen (secondary N) is 2. The molecule has 168 valence electrons. The highest BCUT2D eigenvalue weighted by Crippen LogP contribution is 2.23. The van der Waals surface area contributed by atoms with Gasteiger partial charge in [0, 0.05) is 25.5 Å². The maximum Gasteiger partial charge on any atom is 0.271 e. The lowest BCUT2D eigenvalue weighted by molar-refractivity contribution is 0.0955. The van der Waals surface area contributed by atoms with E-state index in [1.807, 2.05) is 32.0 Å². The number of carbonyl (C=O) groups is 1. The number of piperidine rings is 1. The molecule has 0 saturated carbocycles. The molecule has 0 spiro atoms. The van der Waals surface area contributed by atoms with Crippen molar-refractivity contribution in [1.29, 1.82) is 0 Å². The van der Waals surface area contributed by atoms with E-state index < -0.39 is 9.84 Å². The van der Waals surface area contributed by atoms with Crippen LogP contribution < -0.4 is 10.6 Å². The van der Waals surface area contributed by atoms with E-state index in [-0.39, 0.29) is 17.1 Å². The zero-order valence-electron chi connectivity index (χ0n) is 18.6. The third-order valence-corrected chi connectivity index (χ3v) is 7.34. The van der Waals surface area contributed by atoms with E-state index >= 15 is 0 Å². The lowest BCUT2D eigenvalue weighted by Gasteiger charge is -2.31. The Balaban J connectivity index is 1.62. The maximum absolute atomic E-state index is 12.0. The van der Waals surface area contributed by atoms with Crippen LogP contribution in [-0.2, 0) is 16.4 Å². The lowest BCUT2D eigenvalue weighted by atomic mass is 10.0. The van der Waals surface area contributed by atoms with Crippen LogP contribution in [0.2, 0.25) is 0 Å². The second kappa shape index (κ2) is 9.74. The van der Waals surface area contributed by atoms with Gasteiger partial charge in [0.15, 0.2) is 11.5 Å². The molecule has 1 aliphatic rings. The molecule has 0 unspecified atom stereocenters. The Bertz CT molecular complexity index is 1010. The van der Waals surface area contributed by atoms with Crippen LogP contribution in [0.15, 0.2) is 30.3 Å². The molecule has 8 nitrogen and oxygen atoms in total. The fourth-order valence-electron chi connectivity index (χ4n) is 3.80. The molecule has 0 atom stereocenters. The molecular formula is C22H31N5O3S. The molecule has 1 aliphatic heterocycles. The standard InChI is InChI=1S/C22H31N5O3S/c1-15(2)19-13-20(25-26-21(19)22(28)23-3)24-17-7-5-16(6-8-17)14-27-11-9-18(10-12-27)31(4,29)30/h5-8,13,15,18H,9-12,14H2,1-4H3,(H,23,28)(H,24,25). The van der Waals surface area contributed by atoms with E-state index in [2.05, 4.69) is 37.9 Å². The van der Waals surface area contributed by atoms with E-state index in [0.29, 0.717) is 24.4 Å². The highest BCUT2D eigenvalue weighted by Gasteiger charge is 2.26. The summed E-state index contributed by atoms with van der Waals surface area (Å²) in [5.41, 5.74) is 3.24. The Hall–Kier alpha value is -2.52. The van der Waals surface area contributed by atoms with Crippen molar-refractivity contribution < 1.29 is 13.2 Å². The van der Waals surface area contributed by atoms with Gasteiger partial charge >= 0.3 is 0 Å². The minimum Gasteiger partial charge on any atom is -0.354 e. The number of benzene rings is 1. The Morgan fingerprint density at radius 1 is 1.16 bits per heavy atom. The SMILES string of the molecule is CNC(=O)c1nnc(Nc2ccc(CN3CCC(S(C)(=O)=O)CC3)cc2)cc1C(C)C. The first-order valence-electron chi connectivity index (χ1n) is 10.5. The smallest absolute Gasteiger partial charge is 0.271 e. The summed E-state index contributed by atoms with van der Waals surface area (Å²) in [4.78, 5) is 14.3. The molecule has 2 heterocycles. The molecule has 2 N–H and O–H groups in total. The van der Waals surface area contributed by atoms with Crippen LogP contribution in [0.4, 0.5) is 11.5 Å². The maximum atomic E-state index is 12.0. The molecule has 1 aromatic carbocycles. The summed E-state index contributed by atoms with van der Waals surface area (Å²) >= 11 is 0. The summed E-state index contributed by atoms with van der Waals surface area (Å²) in [6.45, 7) is 6.42. The molecule has 1 aromatic heterocycles. The quantitative estimate of drug-likeness (QED) is 0.675. The Morgan fingerprint density at radius 3 is 2.35 bits per heavy atom. The van der Waals surface area contributed by atoms with E-state index in [4.69, 9.17) is 0 Å². The van der Waals surface area contributed by atoms with Gasteiger partial charge in [0.05, 0.1) is 5.25 Å². The molecule has 0 bridgehead atoms. The monoisotopic (exact) mass is 445 g/mol. The Kier molecular flexibility index (Phi) is 7.27. The largest absolute Gasteiger partial charge is 0.354 e. The summed E-state index contributed by atoms with van der Waals surface area (Å²) in [6, 6.07) is 9.95. The predicted molar refractivity (Wildman–Crippen MR) is 122 cm³/mol. The van der Waals surface area contributed by atoms with Gasteiger partial charge in [0.1, 0.15) is 9.84 Å². The van der Waals surface area contributed by atoms with Gasteiger partial charge in [-0.2, -0.15) is 0 Å².